The fourth-order valence-electron chi connectivity index (χ4n) is 1.15. The molecular weight excluding hydrogens is 228 g/mol. The molecule has 2 aromatic rings. The molecule has 0 aliphatic rings. The zero-order valence-corrected chi connectivity index (χ0v) is 9.30. The Balaban J connectivity index is 2.19. The molecular formula is C10H9ClN4O. The van der Waals surface area contributed by atoms with E-state index in [1.807, 2.05) is 6.07 Å². The molecule has 5 nitrogen and oxygen atoms in total. The molecule has 0 radical (unpaired) electrons. The Bertz CT molecular complexity index is 496. The fourth-order valence-corrected chi connectivity index (χ4v) is 1.42. The van der Waals surface area contributed by atoms with Crippen molar-refractivity contribution in [2.24, 2.45) is 5.10 Å². The van der Waals surface area contributed by atoms with Crippen molar-refractivity contribution in [1.29, 1.82) is 0 Å². The minimum atomic E-state index is 0.551. The van der Waals surface area contributed by atoms with Crippen molar-refractivity contribution < 1.29 is 4.74 Å². The number of hydrogen-bond donors (Lipinski definition) is 0. The van der Waals surface area contributed by atoms with Crippen molar-refractivity contribution in [2.75, 3.05) is 7.11 Å². The second-order valence-corrected chi connectivity index (χ2v) is 3.39. The van der Waals surface area contributed by atoms with Gasteiger partial charge < -0.3 is 4.74 Å². The van der Waals surface area contributed by atoms with E-state index in [9.17, 15) is 0 Å². The molecule has 0 unspecified atom stereocenters. The molecule has 1 aromatic heterocycles. The van der Waals surface area contributed by atoms with Gasteiger partial charge in [-0.25, -0.2) is 4.68 Å². The van der Waals surface area contributed by atoms with Crippen LogP contribution in [0.1, 0.15) is 5.56 Å². The van der Waals surface area contributed by atoms with Crippen LogP contribution in [0.4, 0.5) is 0 Å². The normalized spacial score (nSPS) is 10.9. The summed E-state index contributed by atoms with van der Waals surface area (Å²) in [4.78, 5) is 0. The standard InChI is InChI=1S/C10H9ClN4O/c1-16-10-3-2-8(4-9(10)11)5-14-15-6-12-13-7-15/h2-7H,1H3/b14-5+. The Kier molecular flexibility index (Phi) is 3.16. The zero-order valence-electron chi connectivity index (χ0n) is 8.54. The number of halogens is 1. The minimum absolute atomic E-state index is 0.551. The van der Waals surface area contributed by atoms with E-state index in [-0.39, 0.29) is 0 Å². The highest BCUT2D eigenvalue weighted by Gasteiger charge is 1.99. The Hall–Kier alpha value is -1.88. The third-order valence-corrected chi connectivity index (χ3v) is 2.22. The van der Waals surface area contributed by atoms with E-state index < -0.39 is 0 Å². The summed E-state index contributed by atoms with van der Waals surface area (Å²) in [5, 5.41) is 11.9. The van der Waals surface area contributed by atoms with Gasteiger partial charge in [0.1, 0.15) is 18.4 Å². The van der Waals surface area contributed by atoms with Gasteiger partial charge in [0.05, 0.1) is 18.3 Å². The molecule has 82 valence electrons. The molecule has 0 spiro atoms. The molecule has 1 heterocycles. The lowest BCUT2D eigenvalue weighted by Gasteiger charge is -2.02. The molecule has 0 aliphatic heterocycles. The van der Waals surface area contributed by atoms with Crippen LogP contribution in [0, 0.1) is 0 Å². The largest absolute Gasteiger partial charge is 0.495 e. The van der Waals surface area contributed by atoms with Gasteiger partial charge in [-0.2, -0.15) is 5.10 Å². The van der Waals surface area contributed by atoms with Crippen molar-refractivity contribution in [2.45, 2.75) is 0 Å². The zero-order chi connectivity index (χ0) is 11.4. The first kappa shape index (κ1) is 10.6. The van der Waals surface area contributed by atoms with Gasteiger partial charge in [-0.15, -0.1) is 10.2 Å². The molecule has 6 heteroatoms. The summed E-state index contributed by atoms with van der Waals surface area (Å²) >= 11 is 5.97. The van der Waals surface area contributed by atoms with Crippen LogP contribution in [-0.2, 0) is 0 Å². The summed E-state index contributed by atoms with van der Waals surface area (Å²) in [7, 11) is 1.58. The Morgan fingerprint density at radius 2 is 2.12 bits per heavy atom. The van der Waals surface area contributed by atoms with Crippen LogP contribution in [0.5, 0.6) is 5.75 Å². The van der Waals surface area contributed by atoms with Gasteiger partial charge >= 0.3 is 0 Å². The first-order chi connectivity index (χ1) is 7.79. The second kappa shape index (κ2) is 4.76. The summed E-state index contributed by atoms with van der Waals surface area (Å²) in [5.74, 6) is 0.642. The molecule has 0 bridgehead atoms. The summed E-state index contributed by atoms with van der Waals surface area (Å²) in [6.45, 7) is 0. The van der Waals surface area contributed by atoms with Crippen LogP contribution in [0.15, 0.2) is 36.0 Å². The first-order valence-electron chi connectivity index (χ1n) is 4.52. The quantitative estimate of drug-likeness (QED) is 0.764. The third kappa shape index (κ3) is 2.38. The van der Waals surface area contributed by atoms with Crippen LogP contribution in [-0.4, -0.2) is 28.2 Å². The predicted molar refractivity (Wildman–Crippen MR) is 61.0 cm³/mol. The van der Waals surface area contributed by atoms with Crippen LogP contribution < -0.4 is 4.74 Å². The summed E-state index contributed by atoms with van der Waals surface area (Å²) in [6, 6.07) is 5.42. The summed E-state index contributed by atoms with van der Waals surface area (Å²) < 4.78 is 6.55. The number of benzene rings is 1. The van der Waals surface area contributed by atoms with E-state index in [4.69, 9.17) is 16.3 Å². The topological polar surface area (TPSA) is 52.3 Å². The van der Waals surface area contributed by atoms with Gasteiger partial charge in [0.25, 0.3) is 0 Å². The van der Waals surface area contributed by atoms with Crippen molar-refractivity contribution in [3.63, 3.8) is 0 Å². The fraction of sp³-hybridized carbons (Fsp3) is 0.100. The molecule has 0 atom stereocenters. The molecule has 0 aliphatic carbocycles. The molecule has 0 amide bonds. The minimum Gasteiger partial charge on any atom is -0.495 e. The lowest BCUT2D eigenvalue weighted by Crippen LogP contribution is -1.89. The maximum atomic E-state index is 5.97. The summed E-state index contributed by atoms with van der Waals surface area (Å²) in [5.41, 5.74) is 0.875. The van der Waals surface area contributed by atoms with Crippen LogP contribution in [0.2, 0.25) is 5.02 Å². The third-order valence-electron chi connectivity index (χ3n) is 1.92. The molecule has 16 heavy (non-hydrogen) atoms. The number of methoxy groups -OCH3 is 1. The number of hydrogen-bond acceptors (Lipinski definition) is 4. The Labute approximate surface area is 97.3 Å². The maximum Gasteiger partial charge on any atom is 0.141 e. The monoisotopic (exact) mass is 236 g/mol. The number of aromatic nitrogens is 3. The van der Waals surface area contributed by atoms with Gasteiger partial charge in [0.2, 0.25) is 0 Å². The highest BCUT2D eigenvalue weighted by Crippen LogP contribution is 2.24. The van der Waals surface area contributed by atoms with E-state index in [2.05, 4.69) is 15.3 Å². The van der Waals surface area contributed by atoms with Gasteiger partial charge in [0, 0.05) is 0 Å². The molecule has 1 aromatic carbocycles. The molecule has 0 N–H and O–H groups in total. The van der Waals surface area contributed by atoms with Gasteiger partial charge in [0.15, 0.2) is 0 Å². The number of nitrogens with zero attached hydrogens (tertiary/aromatic N) is 4. The van der Waals surface area contributed by atoms with Crippen LogP contribution in [0.25, 0.3) is 0 Å². The Morgan fingerprint density at radius 1 is 1.38 bits per heavy atom. The lowest BCUT2D eigenvalue weighted by molar-refractivity contribution is 0.415. The molecule has 0 saturated carbocycles. The van der Waals surface area contributed by atoms with Crippen LogP contribution in [0.3, 0.4) is 0 Å². The Morgan fingerprint density at radius 3 is 2.75 bits per heavy atom. The molecule has 2 rings (SSSR count). The van der Waals surface area contributed by atoms with Crippen LogP contribution >= 0.6 is 11.6 Å². The van der Waals surface area contributed by atoms with E-state index in [0.717, 1.165) is 5.56 Å². The maximum absolute atomic E-state index is 5.97. The highest BCUT2D eigenvalue weighted by molar-refractivity contribution is 6.32. The van der Waals surface area contributed by atoms with Crippen molar-refractivity contribution >= 4 is 17.8 Å². The first-order valence-corrected chi connectivity index (χ1v) is 4.90. The number of rotatable bonds is 3. The SMILES string of the molecule is COc1ccc(/C=N/n2cnnc2)cc1Cl. The second-order valence-electron chi connectivity index (χ2n) is 2.98. The average Bonchev–Trinajstić information content (AvgIpc) is 2.79. The highest BCUT2D eigenvalue weighted by atomic mass is 35.5. The number of ether oxygens (including phenoxy) is 1. The van der Waals surface area contributed by atoms with Gasteiger partial charge in [-0.1, -0.05) is 11.6 Å². The summed E-state index contributed by atoms with van der Waals surface area (Å²) in [6.07, 6.45) is 4.66. The van der Waals surface area contributed by atoms with E-state index >= 15 is 0 Å². The van der Waals surface area contributed by atoms with E-state index in [1.165, 1.54) is 17.3 Å². The predicted octanol–water partition coefficient (Wildman–Crippen LogP) is 1.82. The van der Waals surface area contributed by atoms with Gasteiger partial charge in [-0.05, 0) is 23.8 Å². The van der Waals surface area contributed by atoms with Gasteiger partial charge in [-0.3, -0.25) is 0 Å². The smallest absolute Gasteiger partial charge is 0.141 e. The van der Waals surface area contributed by atoms with Crippen molar-refractivity contribution in [3.8, 4) is 5.75 Å². The van der Waals surface area contributed by atoms with E-state index in [0.29, 0.717) is 10.8 Å². The van der Waals surface area contributed by atoms with E-state index in [1.54, 1.807) is 25.5 Å². The van der Waals surface area contributed by atoms with Crippen molar-refractivity contribution in [3.05, 3.63) is 41.4 Å². The lowest BCUT2D eigenvalue weighted by atomic mass is 10.2. The molecule has 0 fully saturated rings. The average molecular weight is 237 g/mol. The van der Waals surface area contributed by atoms with Crippen molar-refractivity contribution in [1.82, 2.24) is 14.9 Å². The molecule has 0 saturated heterocycles.